The largest absolute Gasteiger partial charge is 0.450 e. The maximum Gasteiger partial charge on any atom is 0.407 e. The van der Waals surface area contributed by atoms with Crippen molar-refractivity contribution in [2.45, 2.75) is 44.8 Å². The Morgan fingerprint density at radius 2 is 2.05 bits per heavy atom. The minimum atomic E-state index is -0.413. The Morgan fingerprint density at radius 3 is 2.81 bits per heavy atom. The van der Waals surface area contributed by atoms with Crippen molar-refractivity contribution < 1.29 is 19.0 Å². The summed E-state index contributed by atoms with van der Waals surface area (Å²) in [6, 6.07) is 5.99. The molecule has 2 aliphatic rings. The summed E-state index contributed by atoms with van der Waals surface area (Å²) in [4.78, 5) is 11.2. The minimum absolute atomic E-state index is 0.372. The van der Waals surface area contributed by atoms with Crippen molar-refractivity contribution in [1.82, 2.24) is 5.32 Å². The summed E-state index contributed by atoms with van der Waals surface area (Å²) in [6.45, 7) is 2.72. The standard InChI is InChI=1S/C16H21NO4/c1-2-19-15(18)17-10-7-12-5-6-13-14(11-12)21-16(20-13)8-3-4-9-16/h5-6,11H,2-4,7-10H2,1H3,(H,17,18). The lowest BCUT2D eigenvalue weighted by molar-refractivity contribution is -0.0716. The molecule has 0 atom stereocenters. The lowest BCUT2D eigenvalue weighted by Gasteiger charge is -2.21. The van der Waals surface area contributed by atoms with Gasteiger partial charge in [-0.25, -0.2) is 4.79 Å². The third-order valence-corrected chi connectivity index (χ3v) is 3.92. The van der Waals surface area contributed by atoms with Crippen LogP contribution in [0.3, 0.4) is 0 Å². The smallest absolute Gasteiger partial charge is 0.407 e. The zero-order valence-electron chi connectivity index (χ0n) is 12.3. The van der Waals surface area contributed by atoms with Gasteiger partial charge >= 0.3 is 6.09 Å². The molecule has 1 aliphatic heterocycles. The molecule has 0 bridgehead atoms. The third kappa shape index (κ3) is 3.06. The molecule has 5 heteroatoms. The first-order valence-corrected chi connectivity index (χ1v) is 7.62. The molecule has 1 spiro atoms. The van der Waals surface area contributed by atoms with E-state index in [1.165, 1.54) is 0 Å². The van der Waals surface area contributed by atoms with Crippen molar-refractivity contribution in [2.75, 3.05) is 13.2 Å². The van der Waals surface area contributed by atoms with E-state index >= 15 is 0 Å². The number of benzene rings is 1. The number of rotatable bonds is 4. The zero-order valence-corrected chi connectivity index (χ0v) is 12.3. The average Bonchev–Trinajstić information content (AvgIpc) is 3.05. The molecule has 0 saturated heterocycles. The number of amides is 1. The predicted octanol–water partition coefficient (Wildman–Crippen LogP) is 3.02. The van der Waals surface area contributed by atoms with E-state index in [0.29, 0.717) is 13.2 Å². The van der Waals surface area contributed by atoms with Crippen LogP contribution in [0.15, 0.2) is 18.2 Å². The van der Waals surface area contributed by atoms with E-state index in [0.717, 1.165) is 49.2 Å². The molecular formula is C16H21NO4. The molecular weight excluding hydrogens is 270 g/mol. The highest BCUT2D eigenvalue weighted by molar-refractivity contribution is 5.67. The summed E-state index contributed by atoms with van der Waals surface area (Å²) in [5.74, 6) is 1.24. The molecule has 1 heterocycles. The second kappa shape index (κ2) is 5.84. The third-order valence-electron chi connectivity index (χ3n) is 3.92. The van der Waals surface area contributed by atoms with Crippen molar-refractivity contribution in [3.63, 3.8) is 0 Å². The highest BCUT2D eigenvalue weighted by Gasteiger charge is 2.43. The normalized spacial score (nSPS) is 18.0. The molecule has 1 aromatic carbocycles. The second-order valence-electron chi connectivity index (χ2n) is 5.50. The van der Waals surface area contributed by atoms with Crippen LogP contribution in [0.1, 0.15) is 38.2 Å². The van der Waals surface area contributed by atoms with Gasteiger partial charge in [-0.15, -0.1) is 0 Å². The van der Waals surface area contributed by atoms with Gasteiger partial charge in [0, 0.05) is 19.4 Å². The molecule has 1 aliphatic carbocycles. The number of carbonyl (C=O) groups excluding carboxylic acids is 1. The molecule has 0 unspecified atom stereocenters. The molecule has 1 saturated carbocycles. The number of hydrogen-bond acceptors (Lipinski definition) is 4. The number of carbonyl (C=O) groups is 1. The summed E-state index contributed by atoms with van der Waals surface area (Å²) >= 11 is 0. The van der Waals surface area contributed by atoms with Crippen LogP contribution in [0.2, 0.25) is 0 Å². The summed E-state index contributed by atoms with van der Waals surface area (Å²) in [7, 11) is 0. The van der Waals surface area contributed by atoms with Gasteiger partial charge < -0.3 is 19.5 Å². The summed E-state index contributed by atoms with van der Waals surface area (Å²) < 4.78 is 16.8. The Morgan fingerprint density at radius 1 is 1.29 bits per heavy atom. The van der Waals surface area contributed by atoms with Crippen LogP contribution in [0.4, 0.5) is 4.79 Å². The first-order chi connectivity index (χ1) is 10.2. The van der Waals surface area contributed by atoms with Crippen LogP contribution in [-0.4, -0.2) is 25.0 Å². The molecule has 1 aromatic rings. The van der Waals surface area contributed by atoms with E-state index in [1.807, 2.05) is 18.2 Å². The van der Waals surface area contributed by atoms with Crippen molar-refractivity contribution in [2.24, 2.45) is 0 Å². The minimum Gasteiger partial charge on any atom is -0.450 e. The lowest BCUT2D eigenvalue weighted by atomic mass is 10.1. The number of alkyl carbamates (subject to hydrolysis) is 1. The van der Waals surface area contributed by atoms with Crippen LogP contribution >= 0.6 is 0 Å². The Kier molecular flexibility index (Phi) is 3.90. The maximum absolute atomic E-state index is 11.2. The first-order valence-electron chi connectivity index (χ1n) is 7.62. The van der Waals surface area contributed by atoms with Gasteiger partial charge in [-0.05, 0) is 43.9 Å². The Hall–Kier alpha value is -1.91. The summed E-state index contributed by atoms with van der Waals surface area (Å²) in [5.41, 5.74) is 1.11. The van der Waals surface area contributed by atoms with E-state index in [2.05, 4.69) is 5.32 Å². The highest BCUT2D eigenvalue weighted by atomic mass is 16.7. The Labute approximate surface area is 124 Å². The number of nitrogens with one attached hydrogen (secondary N) is 1. The number of fused-ring (bicyclic) bond motifs is 1. The van der Waals surface area contributed by atoms with E-state index in [4.69, 9.17) is 14.2 Å². The maximum atomic E-state index is 11.2. The predicted molar refractivity (Wildman–Crippen MR) is 77.6 cm³/mol. The molecule has 1 fully saturated rings. The lowest BCUT2D eigenvalue weighted by Crippen LogP contribution is -2.34. The van der Waals surface area contributed by atoms with E-state index in [1.54, 1.807) is 6.92 Å². The van der Waals surface area contributed by atoms with Crippen molar-refractivity contribution in [3.05, 3.63) is 23.8 Å². The Bertz CT molecular complexity index is 523. The fraction of sp³-hybridized carbons (Fsp3) is 0.562. The van der Waals surface area contributed by atoms with Gasteiger partial charge in [-0.1, -0.05) is 6.07 Å². The zero-order chi connectivity index (χ0) is 14.7. The Balaban J connectivity index is 1.57. The van der Waals surface area contributed by atoms with Gasteiger partial charge in [0.05, 0.1) is 6.61 Å². The molecule has 0 radical (unpaired) electrons. The van der Waals surface area contributed by atoms with E-state index < -0.39 is 5.79 Å². The summed E-state index contributed by atoms with van der Waals surface area (Å²) in [5, 5.41) is 2.72. The molecule has 1 amide bonds. The summed E-state index contributed by atoms with van der Waals surface area (Å²) in [6.07, 6.45) is 4.60. The first kappa shape index (κ1) is 14.0. The van der Waals surface area contributed by atoms with Gasteiger partial charge in [0.25, 0.3) is 5.79 Å². The number of hydrogen-bond donors (Lipinski definition) is 1. The van der Waals surface area contributed by atoms with Gasteiger partial charge in [0.2, 0.25) is 0 Å². The molecule has 3 rings (SSSR count). The topological polar surface area (TPSA) is 56.8 Å². The average molecular weight is 291 g/mol. The fourth-order valence-corrected chi connectivity index (χ4v) is 2.90. The van der Waals surface area contributed by atoms with Gasteiger partial charge in [-0.2, -0.15) is 0 Å². The van der Waals surface area contributed by atoms with Gasteiger partial charge in [0.1, 0.15) is 0 Å². The quantitative estimate of drug-likeness (QED) is 0.926. The molecule has 5 nitrogen and oxygen atoms in total. The van der Waals surface area contributed by atoms with Crippen LogP contribution in [0.5, 0.6) is 11.5 Å². The van der Waals surface area contributed by atoms with Crippen LogP contribution in [-0.2, 0) is 11.2 Å². The van der Waals surface area contributed by atoms with Crippen LogP contribution in [0, 0.1) is 0 Å². The highest BCUT2D eigenvalue weighted by Crippen LogP contribution is 2.46. The number of ether oxygens (including phenoxy) is 3. The van der Waals surface area contributed by atoms with Gasteiger partial charge in [0.15, 0.2) is 11.5 Å². The fourth-order valence-electron chi connectivity index (χ4n) is 2.90. The molecule has 21 heavy (non-hydrogen) atoms. The molecule has 1 N–H and O–H groups in total. The van der Waals surface area contributed by atoms with Crippen molar-refractivity contribution in [1.29, 1.82) is 0 Å². The monoisotopic (exact) mass is 291 g/mol. The van der Waals surface area contributed by atoms with Crippen LogP contribution < -0.4 is 14.8 Å². The van der Waals surface area contributed by atoms with E-state index in [9.17, 15) is 4.79 Å². The molecule has 114 valence electrons. The van der Waals surface area contributed by atoms with Crippen molar-refractivity contribution >= 4 is 6.09 Å². The second-order valence-corrected chi connectivity index (χ2v) is 5.50. The van der Waals surface area contributed by atoms with E-state index in [-0.39, 0.29) is 6.09 Å². The SMILES string of the molecule is CCOC(=O)NCCc1ccc2c(c1)OC1(CCCC1)O2. The van der Waals surface area contributed by atoms with Gasteiger partial charge in [-0.3, -0.25) is 0 Å². The molecule has 0 aromatic heterocycles. The van der Waals surface area contributed by atoms with Crippen LogP contribution in [0.25, 0.3) is 0 Å². The van der Waals surface area contributed by atoms with Crippen molar-refractivity contribution in [3.8, 4) is 11.5 Å².